The van der Waals surface area contributed by atoms with E-state index in [1.807, 2.05) is 31.2 Å². The van der Waals surface area contributed by atoms with Crippen LogP contribution in [0, 0.1) is 5.92 Å². The van der Waals surface area contributed by atoms with Crippen LogP contribution in [-0.4, -0.2) is 126 Å². The van der Waals surface area contributed by atoms with Crippen molar-refractivity contribution in [2.75, 3.05) is 29.9 Å². The third kappa shape index (κ3) is 23.9. The predicted molar refractivity (Wildman–Crippen MR) is 294 cm³/mol. The van der Waals surface area contributed by atoms with Crippen LogP contribution in [0.3, 0.4) is 0 Å². The van der Waals surface area contributed by atoms with Crippen molar-refractivity contribution in [2.45, 2.75) is 149 Å². The second-order valence-corrected chi connectivity index (χ2v) is 15.6. The molecule has 1 saturated carbocycles. The second-order valence-electron chi connectivity index (χ2n) is 15.6. The Hall–Kier alpha value is -2.85. The van der Waals surface area contributed by atoms with Crippen molar-refractivity contribution in [3.05, 3.63) is 65.4 Å². The topological polar surface area (TPSA) is 233 Å². The van der Waals surface area contributed by atoms with Crippen LogP contribution >= 0.6 is 67.5 Å². The number of nitrogens with zero attached hydrogens (tertiary/aromatic N) is 4. The van der Waals surface area contributed by atoms with Crippen LogP contribution in [-0.2, 0) is 36.7 Å². The molecule has 8 atom stereocenters. The van der Waals surface area contributed by atoms with Crippen LogP contribution in [0.15, 0.2) is 53.5 Å². The third-order valence-corrected chi connectivity index (χ3v) is 10.8. The Bertz CT molecular complexity index is 1700. The summed E-state index contributed by atoms with van der Waals surface area (Å²) >= 11 is 0. The molecule has 0 bridgehead atoms. The molecule has 2 fully saturated rings. The quantitative estimate of drug-likeness (QED) is 0.149. The number of aliphatic carboxylic acids is 2. The minimum absolute atomic E-state index is 0. The van der Waals surface area contributed by atoms with Gasteiger partial charge in [0.2, 0.25) is 11.8 Å². The van der Waals surface area contributed by atoms with Gasteiger partial charge in [-0.1, -0.05) is 88.8 Å². The first kappa shape index (κ1) is 72.1. The van der Waals surface area contributed by atoms with E-state index >= 15 is 0 Å². The fraction of sp³-hybridized carbons (Fsp3) is 0.614. The molecule has 1 saturated heterocycles. The molecule has 15 nitrogen and oxygen atoms in total. The van der Waals surface area contributed by atoms with E-state index in [2.05, 4.69) is 75.0 Å². The molecule has 0 spiro atoms. The number of amides is 2. The fourth-order valence-electron chi connectivity index (χ4n) is 7.75. The largest absolute Gasteiger partial charge is 0.870 e. The molecule has 2 aromatic rings. The molecule has 2 aromatic carbocycles. The molecule has 2 amide bonds. The smallest absolute Gasteiger partial charge is 0.328 e. The van der Waals surface area contributed by atoms with Gasteiger partial charge in [-0.05, 0) is 109 Å². The first-order chi connectivity index (χ1) is 28.8. The number of likely N-dealkylation sites (tertiary alicyclic amines) is 1. The van der Waals surface area contributed by atoms with Gasteiger partial charge >= 0.3 is 30.6 Å². The van der Waals surface area contributed by atoms with E-state index in [1.54, 1.807) is 23.6 Å². The Morgan fingerprint density at radius 1 is 0.894 bits per heavy atom. The fourth-order valence-corrected chi connectivity index (χ4v) is 7.75. The van der Waals surface area contributed by atoms with Gasteiger partial charge in [0.1, 0.15) is 19.9 Å². The Morgan fingerprint density at radius 3 is 1.82 bits per heavy atom. The van der Waals surface area contributed by atoms with E-state index in [4.69, 9.17) is 21.3 Å². The van der Waals surface area contributed by atoms with Crippen molar-refractivity contribution in [3.63, 3.8) is 0 Å². The number of carboxylic acid groups (broad SMARTS) is 2. The number of para-hydroxylation sites is 2. The van der Waals surface area contributed by atoms with Gasteiger partial charge in [0.25, 0.3) is 0 Å². The SMILES string of the molecule is CB=O.CCN(CC)CC.C[C@H](N)C(=O)N1[C@@H](C(=O)O)C[C@H]2CCCC[C@H]21.C[C@H]([NH-])C(=O)N1c2ccccc2C[C@@H]1C.C[C@H]1Cc2ccccc2N1.S.S.S.S.S.[B]C([O-])=N[C@@H](C)C(=O)O. The molecular formula is C44H79B2N7O8S5-2. The summed E-state index contributed by atoms with van der Waals surface area (Å²) in [6.07, 6.45) is 6.86. The maximum absolute atomic E-state index is 12.1. The summed E-state index contributed by atoms with van der Waals surface area (Å²) in [4.78, 5) is 53.8. The average Bonchev–Trinajstić information content (AvgIpc) is 3.90. The molecule has 22 heteroatoms. The number of anilines is 2. The molecule has 1 aliphatic carbocycles. The van der Waals surface area contributed by atoms with Crippen LogP contribution in [0.25, 0.3) is 5.73 Å². The standard InChI is InChI=1S/C12H20N2O3.C12H15N2O.C9H11N.C6H15N.C4H6BNO3.CH3BO.5H2S/c1-7(13)11(15)14-9-5-3-2-4-8(9)6-10(14)12(16)17;1-8-7-10-5-3-4-6-11(10)14(8)12(15)9(2)13;1-7-6-8-4-2-3-5-9(8)10-7;1-4-7(5-2)6-3;1-2(3(7)8)6-4(5)9;1-2-3;;;;;/h7-10H,2-6,13H2,1H3,(H,16,17);3-6,8-9,13H,7H2,1-2H3;2-5,7,10H,6H2,1H3;4-6H2,1-3H3;2H,1H3,(H,6,9)(H,7,8);1H3;5*1H2/q;-1;;;;;;;;;/p-1/t7-,8+,9+,10+;8-,9-;7-;;2-;;;;;;/m000.0....../s1. The Kier molecular flexibility index (Phi) is 41.6. The van der Waals surface area contributed by atoms with Gasteiger partial charge < -0.3 is 51.8 Å². The Morgan fingerprint density at radius 2 is 1.39 bits per heavy atom. The van der Waals surface area contributed by atoms with Gasteiger partial charge in [0.15, 0.2) is 0 Å². The van der Waals surface area contributed by atoms with E-state index < -0.39 is 41.9 Å². The van der Waals surface area contributed by atoms with Crippen LogP contribution in [0.4, 0.5) is 11.4 Å². The van der Waals surface area contributed by atoms with Crippen molar-refractivity contribution in [1.82, 2.24) is 9.80 Å². The van der Waals surface area contributed by atoms with Gasteiger partial charge in [-0.25, -0.2) is 9.59 Å². The van der Waals surface area contributed by atoms with Crippen LogP contribution < -0.4 is 21.1 Å². The maximum Gasteiger partial charge on any atom is 0.328 e. The van der Waals surface area contributed by atoms with Crippen LogP contribution in [0.2, 0.25) is 6.82 Å². The van der Waals surface area contributed by atoms with Gasteiger partial charge in [-0.15, -0.1) is 0 Å². The summed E-state index contributed by atoms with van der Waals surface area (Å²) in [7, 11) is 5.31. The number of nitrogens with two attached hydrogens (primary N) is 1. The summed E-state index contributed by atoms with van der Waals surface area (Å²) in [5.41, 5.74) is 18.1. The first-order valence-corrected chi connectivity index (χ1v) is 21.4. The Balaban J connectivity index is -0.000000234. The number of hydrogen-bond acceptors (Lipinski definition) is 10. The van der Waals surface area contributed by atoms with E-state index in [-0.39, 0.29) is 91.4 Å². The first-order valence-electron chi connectivity index (χ1n) is 21.4. The van der Waals surface area contributed by atoms with Crippen molar-refractivity contribution < 1.29 is 39.2 Å². The summed E-state index contributed by atoms with van der Waals surface area (Å²) in [6, 6.07) is 14.3. The number of carboxylic acids is 2. The third-order valence-electron chi connectivity index (χ3n) is 10.8. The van der Waals surface area contributed by atoms with Gasteiger partial charge in [0, 0.05) is 29.5 Å². The van der Waals surface area contributed by atoms with Crippen LogP contribution in [0.5, 0.6) is 0 Å². The zero-order chi connectivity index (χ0) is 46.4. The summed E-state index contributed by atoms with van der Waals surface area (Å²) in [6.45, 7) is 20.3. The number of rotatable bonds is 8. The number of fused-ring (bicyclic) bond motifs is 3. The number of carbonyl (C=O) groups excluding carboxylic acids is 2. The van der Waals surface area contributed by atoms with Crippen molar-refractivity contribution in [2.24, 2.45) is 16.6 Å². The predicted octanol–water partition coefficient (Wildman–Crippen LogP) is 5.37. The summed E-state index contributed by atoms with van der Waals surface area (Å²) in [5, 5.41) is 30.7. The number of carbonyl (C=O) groups is 4. The minimum atomic E-state index is -1.16. The van der Waals surface area contributed by atoms with Crippen molar-refractivity contribution in [3.8, 4) is 0 Å². The molecule has 6 N–H and O–H groups in total. The normalized spacial score (nSPS) is 20.2. The second kappa shape index (κ2) is 38.1. The molecular weight excluding hydrogens is 936 g/mol. The molecule has 3 heterocycles. The van der Waals surface area contributed by atoms with E-state index in [1.165, 1.54) is 56.6 Å². The molecule has 0 unspecified atom stereocenters. The molecule has 6 rings (SSSR count). The van der Waals surface area contributed by atoms with Crippen molar-refractivity contribution >= 4 is 123 Å². The Labute approximate surface area is 431 Å². The van der Waals surface area contributed by atoms with Crippen LogP contribution in [0.1, 0.15) is 98.6 Å². The van der Waals surface area contributed by atoms with Gasteiger partial charge in [-0.3, -0.25) is 9.59 Å². The molecule has 376 valence electrons. The molecule has 66 heavy (non-hydrogen) atoms. The number of nitrogens with one attached hydrogen (secondary N) is 2. The monoisotopic (exact) mass is 1020 g/mol. The van der Waals surface area contributed by atoms with Crippen molar-refractivity contribution in [1.29, 1.82) is 0 Å². The summed E-state index contributed by atoms with van der Waals surface area (Å²) < 4.78 is 8.81. The number of aliphatic imine (C=N–C) groups is 1. The van der Waals surface area contributed by atoms with E-state index in [9.17, 15) is 29.4 Å². The molecule has 2 radical (unpaired) electrons. The van der Waals surface area contributed by atoms with E-state index in [0.29, 0.717) is 18.4 Å². The molecule has 3 aliphatic heterocycles. The average molecular weight is 1020 g/mol. The maximum atomic E-state index is 12.1. The summed E-state index contributed by atoms with van der Waals surface area (Å²) in [5.74, 6) is -2.97. The van der Waals surface area contributed by atoms with E-state index in [0.717, 1.165) is 44.9 Å². The van der Waals surface area contributed by atoms with Gasteiger partial charge in [0.05, 0.1) is 6.04 Å². The molecule has 0 aromatic heterocycles. The number of benzene rings is 2. The zero-order valence-electron chi connectivity index (χ0n) is 40.2. The van der Waals surface area contributed by atoms with Gasteiger partial charge in [-0.2, -0.15) is 67.5 Å². The number of hydrogen-bond donors (Lipinski definition) is 4. The zero-order valence-corrected chi connectivity index (χ0v) is 45.2. The minimum Gasteiger partial charge on any atom is -0.870 e. The molecule has 4 aliphatic rings.